The molecule has 1 aliphatic heterocycles. The van der Waals surface area contributed by atoms with Gasteiger partial charge in [0.05, 0.1) is 24.0 Å². The molecule has 5 heteroatoms. The number of hydrogen-bond acceptors (Lipinski definition) is 3. The molecule has 28 heavy (non-hydrogen) atoms. The standard InChI is InChI=1S/C23H28Cl2O3/c1-22(2)8-15(26)20-17(10-22)28-18-11-23(3,4)9-16(27)21(18)19(20)13-6-5-12(24)7-14(13)25/h5-7,17-21H,8-11H2,1-4H3. The maximum atomic E-state index is 13.3. The SMILES string of the molecule is CC1(C)CC(=O)C2C(C1)OC1CC(C)(C)CC(=O)C1C2c1ccc(Cl)cc1Cl. The second-order valence-corrected chi connectivity index (χ2v) is 11.3. The fourth-order valence-electron chi connectivity index (χ4n) is 5.82. The van der Waals surface area contributed by atoms with Crippen molar-refractivity contribution < 1.29 is 14.3 Å². The zero-order chi connectivity index (χ0) is 20.4. The molecule has 3 aliphatic rings. The third-order valence-electron chi connectivity index (χ3n) is 6.80. The predicted octanol–water partition coefficient (Wildman–Crippen LogP) is 5.86. The fourth-order valence-corrected chi connectivity index (χ4v) is 6.35. The molecular weight excluding hydrogens is 395 g/mol. The van der Waals surface area contributed by atoms with Gasteiger partial charge < -0.3 is 4.74 Å². The average Bonchev–Trinajstić information content (AvgIpc) is 2.50. The normalized spacial score (nSPS) is 36.6. The van der Waals surface area contributed by atoms with E-state index in [0.29, 0.717) is 22.9 Å². The van der Waals surface area contributed by atoms with Gasteiger partial charge in [-0.1, -0.05) is 57.0 Å². The lowest BCUT2D eigenvalue weighted by Crippen LogP contribution is -2.58. The van der Waals surface area contributed by atoms with Crippen LogP contribution in [0.15, 0.2) is 18.2 Å². The summed E-state index contributed by atoms with van der Waals surface area (Å²) in [6.07, 6.45) is 2.32. The number of carbonyl (C=O) groups is 2. The number of halogens is 2. The van der Waals surface area contributed by atoms with Crippen molar-refractivity contribution in [3.8, 4) is 0 Å². The van der Waals surface area contributed by atoms with E-state index in [1.54, 1.807) is 12.1 Å². The molecule has 1 aromatic carbocycles. The quantitative estimate of drug-likeness (QED) is 0.569. The van der Waals surface area contributed by atoms with Crippen molar-refractivity contribution in [1.29, 1.82) is 0 Å². The summed E-state index contributed by atoms with van der Waals surface area (Å²) in [5.74, 6) is -0.501. The van der Waals surface area contributed by atoms with Gasteiger partial charge in [0.25, 0.3) is 0 Å². The minimum atomic E-state index is -0.321. The van der Waals surface area contributed by atoms with E-state index in [1.807, 2.05) is 6.07 Å². The molecule has 0 radical (unpaired) electrons. The van der Waals surface area contributed by atoms with Gasteiger partial charge >= 0.3 is 0 Å². The van der Waals surface area contributed by atoms with E-state index in [4.69, 9.17) is 27.9 Å². The molecule has 2 aliphatic carbocycles. The third kappa shape index (κ3) is 3.55. The maximum absolute atomic E-state index is 13.3. The van der Waals surface area contributed by atoms with Gasteiger partial charge in [0.15, 0.2) is 0 Å². The van der Waals surface area contributed by atoms with Crippen molar-refractivity contribution in [3.63, 3.8) is 0 Å². The summed E-state index contributed by atoms with van der Waals surface area (Å²) < 4.78 is 6.51. The molecule has 3 nitrogen and oxygen atoms in total. The first-order valence-corrected chi connectivity index (χ1v) is 10.9. The van der Waals surface area contributed by atoms with Crippen LogP contribution >= 0.6 is 23.2 Å². The first-order valence-electron chi connectivity index (χ1n) is 10.1. The average molecular weight is 423 g/mol. The van der Waals surface area contributed by atoms with Crippen LogP contribution in [0.5, 0.6) is 0 Å². The van der Waals surface area contributed by atoms with E-state index >= 15 is 0 Å². The van der Waals surface area contributed by atoms with E-state index < -0.39 is 0 Å². The predicted molar refractivity (Wildman–Crippen MR) is 111 cm³/mol. The number of fused-ring (bicyclic) bond motifs is 2. The van der Waals surface area contributed by atoms with Crippen molar-refractivity contribution in [1.82, 2.24) is 0 Å². The van der Waals surface area contributed by atoms with Crippen LogP contribution in [-0.2, 0) is 14.3 Å². The van der Waals surface area contributed by atoms with E-state index in [-0.39, 0.29) is 52.4 Å². The molecule has 152 valence electrons. The molecule has 4 atom stereocenters. The van der Waals surface area contributed by atoms with Gasteiger partial charge in [0.1, 0.15) is 11.6 Å². The highest BCUT2D eigenvalue weighted by Gasteiger charge is 2.57. The Morgan fingerprint density at radius 2 is 1.36 bits per heavy atom. The Bertz CT molecular complexity index is 787. The van der Waals surface area contributed by atoms with E-state index in [1.165, 1.54) is 0 Å². The lowest BCUT2D eigenvalue weighted by molar-refractivity contribution is -0.186. The fraction of sp³-hybridized carbons (Fsp3) is 0.652. The van der Waals surface area contributed by atoms with Crippen LogP contribution in [-0.4, -0.2) is 23.8 Å². The summed E-state index contributed by atoms with van der Waals surface area (Å²) >= 11 is 12.7. The molecule has 0 bridgehead atoms. The zero-order valence-electron chi connectivity index (χ0n) is 16.9. The molecule has 0 N–H and O–H groups in total. The highest BCUT2D eigenvalue weighted by molar-refractivity contribution is 6.35. The van der Waals surface area contributed by atoms with Crippen molar-refractivity contribution in [2.45, 2.75) is 71.5 Å². The lowest BCUT2D eigenvalue weighted by Gasteiger charge is -2.54. The maximum Gasteiger partial charge on any atom is 0.139 e. The molecule has 4 unspecified atom stereocenters. The second kappa shape index (κ2) is 6.82. The molecule has 2 saturated carbocycles. The molecule has 0 spiro atoms. The van der Waals surface area contributed by atoms with Gasteiger partial charge in [0, 0.05) is 28.8 Å². The smallest absolute Gasteiger partial charge is 0.139 e. The monoisotopic (exact) mass is 422 g/mol. The van der Waals surface area contributed by atoms with Gasteiger partial charge in [-0.3, -0.25) is 9.59 Å². The summed E-state index contributed by atoms with van der Waals surface area (Å²) in [7, 11) is 0. The van der Waals surface area contributed by atoms with Crippen molar-refractivity contribution in [2.24, 2.45) is 22.7 Å². The van der Waals surface area contributed by atoms with Gasteiger partial charge in [-0.25, -0.2) is 0 Å². The topological polar surface area (TPSA) is 43.4 Å². The minimum absolute atomic E-state index is 0.0897. The number of rotatable bonds is 1. The molecule has 0 amide bonds. The molecule has 1 aromatic rings. The molecule has 0 aromatic heterocycles. The Kier molecular flexibility index (Phi) is 4.96. The van der Waals surface area contributed by atoms with Crippen LogP contribution in [0.3, 0.4) is 0 Å². The van der Waals surface area contributed by atoms with Crippen LogP contribution in [0, 0.1) is 22.7 Å². The summed E-state index contributed by atoms with van der Waals surface area (Å²) in [4.78, 5) is 26.5. The van der Waals surface area contributed by atoms with Crippen LogP contribution in [0.1, 0.15) is 64.9 Å². The Morgan fingerprint density at radius 1 is 0.857 bits per heavy atom. The molecular formula is C23H28Cl2O3. The summed E-state index contributed by atoms with van der Waals surface area (Å²) in [5, 5.41) is 1.09. The van der Waals surface area contributed by atoms with Gasteiger partial charge in [-0.2, -0.15) is 0 Å². The highest BCUT2D eigenvalue weighted by atomic mass is 35.5. The molecule has 4 rings (SSSR count). The molecule has 1 saturated heterocycles. The zero-order valence-corrected chi connectivity index (χ0v) is 18.4. The van der Waals surface area contributed by atoms with Gasteiger partial charge in [-0.15, -0.1) is 0 Å². The largest absolute Gasteiger partial charge is 0.373 e. The van der Waals surface area contributed by atoms with E-state index in [9.17, 15) is 9.59 Å². The van der Waals surface area contributed by atoms with Crippen molar-refractivity contribution in [3.05, 3.63) is 33.8 Å². The number of carbonyl (C=O) groups excluding carboxylic acids is 2. The Morgan fingerprint density at radius 3 is 1.82 bits per heavy atom. The molecule has 3 fully saturated rings. The van der Waals surface area contributed by atoms with Crippen LogP contribution in [0.4, 0.5) is 0 Å². The number of ether oxygens (including phenoxy) is 1. The third-order valence-corrected chi connectivity index (χ3v) is 7.37. The molecule has 1 heterocycles. The van der Waals surface area contributed by atoms with E-state index in [0.717, 1.165) is 18.4 Å². The summed E-state index contributed by atoms with van der Waals surface area (Å²) in [6.45, 7) is 8.49. The van der Waals surface area contributed by atoms with Gasteiger partial charge in [0.2, 0.25) is 0 Å². The summed E-state index contributed by atoms with van der Waals surface area (Å²) in [6, 6.07) is 5.41. The number of Topliss-reactive ketones (excluding diaryl/α,β-unsaturated/α-hetero) is 2. The first-order chi connectivity index (χ1) is 13.0. The first kappa shape index (κ1) is 20.4. The van der Waals surface area contributed by atoms with Crippen molar-refractivity contribution >= 4 is 34.8 Å². The highest BCUT2D eigenvalue weighted by Crippen LogP contribution is 2.55. The minimum Gasteiger partial charge on any atom is -0.373 e. The number of benzene rings is 1. The Labute approximate surface area is 177 Å². The van der Waals surface area contributed by atoms with Crippen LogP contribution in [0.25, 0.3) is 0 Å². The van der Waals surface area contributed by atoms with Gasteiger partial charge in [-0.05, 0) is 41.4 Å². The van der Waals surface area contributed by atoms with E-state index in [2.05, 4.69) is 27.7 Å². The van der Waals surface area contributed by atoms with Crippen molar-refractivity contribution in [2.75, 3.05) is 0 Å². The summed E-state index contributed by atoms with van der Waals surface area (Å²) in [5.41, 5.74) is 0.682. The Hall–Kier alpha value is -0.900. The van der Waals surface area contributed by atoms with Crippen LogP contribution < -0.4 is 0 Å². The number of hydrogen-bond donors (Lipinski definition) is 0. The lowest BCUT2D eigenvalue weighted by atomic mass is 9.56. The Balaban J connectivity index is 1.83. The number of ketones is 2. The second-order valence-electron chi connectivity index (χ2n) is 10.5. The van der Waals surface area contributed by atoms with Crippen LogP contribution in [0.2, 0.25) is 10.0 Å².